The molecule has 0 aromatic heterocycles. The van der Waals surface area contributed by atoms with E-state index < -0.39 is 18.9 Å². The van der Waals surface area contributed by atoms with Crippen LogP contribution in [-0.4, -0.2) is 30.6 Å². The Balaban J connectivity index is 3.36. The molecule has 0 aromatic carbocycles. The standard InChI is InChI=1S/C8H13F3O2/c1-2-3-4-7(12)5-13-6-8(9,10)11/h2,7,12H,1,3-6H2. The first-order valence-corrected chi connectivity index (χ1v) is 3.89. The molecule has 0 rings (SSSR count). The highest BCUT2D eigenvalue weighted by Gasteiger charge is 2.27. The lowest BCUT2D eigenvalue weighted by atomic mass is 10.2. The largest absolute Gasteiger partial charge is 0.411 e. The van der Waals surface area contributed by atoms with Gasteiger partial charge in [0.25, 0.3) is 0 Å². The Bertz CT molecular complexity index is 145. The summed E-state index contributed by atoms with van der Waals surface area (Å²) in [5.41, 5.74) is 0. The molecule has 0 heterocycles. The average Bonchev–Trinajstić information content (AvgIpc) is 1.98. The van der Waals surface area contributed by atoms with Crippen LogP contribution in [0.15, 0.2) is 12.7 Å². The van der Waals surface area contributed by atoms with Gasteiger partial charge >= 0.3 is 6.18 Å². The summed E-state index contributed by atoms with van der Waals surface area (Å²) in [6.07, 6.45) is -2.64. The smallest absolute Gasteiger partial charge is 0.391 e. The lowest BCUT2D eigenvalue weighted by Crippen LogP contribution is -2.22. The summed E-state index contributed by atoms with van der Waals surface area (Å²) in [7, 11) is 0. The van der Waals surface area contributed by atoms with Crippen LogP contribution in [-0.2, 0) is 4.74 Å². The number of halogens is 3. The Morgan fingerprint density at radius 1 is 1.46 bits per heavy atom. The van der Waals surface area contributed by atoms with E-state index in [-0.39, 0.29) is 6.61 Å². The van der Waals surface area contributed by atoms with Crippen molar-refractivity contribution < 1.29 is 23.0 Å². The van der Waals surface area contributed by atoms with Crippen LogP contribution < -0.4 is 0 Å². The summed E-state index contributed by atoms with van der Waals surface area (Å²) in [6.45, 7) is 1.83. The molecule has 0 saturated heterocycles. The van der Waals surface area contributed by atoms with E-state index in [9.17, 15) is 13.2 Å². The molecule has 13 heavy (non-hydrogen) atoms. The predicted molar refractivity (Wildman–Crippen MR) is 42.3 cm³/mol. The van der Waals surface area contributed by atoms with Crippen LogP contribution in [0.2, 0.25) is 0 Å². The molecular formula is C8H13F3O2. The summed E-state index contributed by atoms with van der Waals surface area (Å²) in [6, 6.07) is 0. The van der Waals surface area contributed by atoms with Crippen molar-refractivity contribution in [3.05, 3.63) is 12.7 Å². The monoisotopic (exact) mass is 198 g/mol. The Labute approximate surface area is 75.0 Å². The Morgan fingerprint density at radius 2 is 2.08 bits per heavy atom. The number of alkyl halides is 3. The third-order valence-corrected chi connectivity index (χ3v) is 1.28. The number of aliphatic hydroxyl groups is 1. The first-order valence-electron chi connectivity index (χ1n) is 3.89. The van der Waals surface area contributed by atoms with Crippen molar-refractivity contribution in [2.24, 2.45) is 0 Å². The highest BCUT2D eigenvalue weighted by Crippen LogP contribution is 2.14. The summed E-state index contributed by atoms with van der Waals surface area (Å²) >= 11 is 0. The van der Waals surface area contributed by atoms with Crippen molar-refractivity contribution in [1.29, 1.82) is 0 Å². The molecular weight excluding hydrogens is 185 g/mol. The van der Waals surface area contributed by atoms with Gasteiger partial charge in [-0.05, 0) is 12.8 Å². The molecule has 0 aliphatic rings. The Kier molecular flexibility index (Phi) is 5.73. The van der Waals surface area contributed by atoms with E-state index in [0.717, 1.165) is 0 Å². The maximum Gasteiger partial charge on any atom is 0.411 e. The van der Waals surface area contributed by atoms with Crippen molar-refractivity contribution in [3.8, 4) is 0 Å². The van der Waals surface area contributed by atoms with Crippen LogP contribution in [0.3, 0.4) is 0 Å². The number of allylic oxidation sites excluding steroid dienone is 1. The SMILES string of the molecule is C=CCCC(O)COCC(F)(F)F. The van der Waals surface area contributed by atoms with Crippen LogP contribution in [0.5, 0.6) is 0 Å². The highest BCUT2D eigenvalue weighted by molar-refractivity contribution is 4.68. The van der Waals surface area contributed by atoms with Gasteiger partial charge in [-0.1, -0.05) is 6.08 Å². The second-order valence-electron chi connectivity index (χ2n) is 2.65. The molecule has 0 aliphatic heterocycles. The number of aliphatic hydroxyl groups excluding tert-OH is 1. The molecule has 78 valence electrons. The van der Waals surface area contributed by atoms with Crippen LogP contribution in [0.4, 0.5) is 13.2 Å². The predicted octanol–water partition coefficient (Wildman–Crippen LogP) is 1.89. The average molecular weight is 198 g/mol. The molecule has 0 aromatic rings. The first kappa shape index (κ1) is 12.4. The fourth-order valence-electron chi connectivity index (χ4n) is 0.704. The highest BCUT2D eigenvalue weighted by atomic mass is 19.4. The van der Waals surface area contributed by atoms with Gasteiger partial charge in [-0.2, -0.15) is 13.2 Å². The molecule has 1 atom stereocenters. The molecule has 0 radical (unpaired) electrons. The third-order valence-electron chi connectivity index (χ3n) is 1.28. The van der Waals surface area contributed by atoms with Gasteiger partial charge < -0.3 is 9.84 Å². The molecule has 0 spiro atoms. The zero-order valence-electron chi connectivity index (χ0n) is 7.18. The van der Waals surface area contributed by atoms with Crippen LogP contribution in [0, 0.1) is 0 Å². The number of ether oxygens (including phenoxy) is 1. The zero-order valence-corrected chi connectivity index (χ0v) is 7.18. The summed E-state index contributed by atoms with van der Waals surface area (Å²) in [5.74, 6) is 0. The molecule has 1 unspecified atom stereocenters. The maximum atomic E-state index is 11.5. The first-order chi connectivity index (χ1) is 5.95. The van der Waals surface area contributed by atoms with Gasteiger partial charge in [0.2, 0.25) is 0 Å². The molecule has 0 bridgehead atoms. The van der Waals surface area contributed by atoms with Crippen LogP contribution in [0.1, 0.15) is 12.8 Å². The fourth-order valence-corrected chi connectivity index (χ4v) is 0.704. The Hall–Kier alpha value is -0.550. The molecule has 0 amide bonds. The number of hydrogen-bond acceptors (Lipinski definition) is 2. The minimum absolute atomic E-state index is 0.284. The number of rotatable bonds is 6. The van der Waals surface area contributed by atoms with Crippen molar-refractivity contribution >= 4 is 0 Å². The third kappa shape index (κ3) is 9.36. The minimum Gasteiger partial charge on any atom is -0.391 e. The van der Waals surface area contributed by atoms with Crippen molar-refractivity contribution in [3.63, 3.8) is 0 Å². The van der Waals surface area contributed by atoms with E-state index in [4.69, 9.17) is 5.11 Å². The second kappa shape index (κ2) is 5.99. The van der Waals surface area contributed by atoms with Crippen LogP contribution >= 0.6 is 0 Å². The fraction of sp³-hybridized carbons (Fsp3) is 0.750. The summed E-state index contributed by atoms with van der Waals surface area (Å²) in [4.78, 5) is 0. The molecule has 5 heteroatoms. The summed E-state index contributed by atoms with van der Waals surface area (Å²) < 4.78 is 38.9. The van der Waals surface area contributed by atoms with Crippen molar-refractivity contribution in [1.82, 2.24) is 0 Å². The van der Waals surface area contributed by atoms with E-state index in [1.165, 1.54) is 0 Å². The molecule has 2 nitrogen and oxygen atoms in total. The normalized spacial score (nSPS) is 14.2. The van der Waals surface area contributed by atoms with Gasteiger partial charge in [-0.15, -0.1) is 6.58 Å². The Morgan fingerprint density at radius 3 is 2.54 bits per heavy atom. The van der Waals surface area contributed by atoms with Crippen molar-refractivity contribution in [2.45, 2.75) is 25.1 Å². The van der Waals surface area contributed by atoms with Crippen molar-refractivity contribution in [2.75, 3.05) is 13.2 Å². The minimum atomic E-state index is -4.32. The van der Waals surface area contributed by atoms with Crippen LogP contribution in [0.25, 0.3) is 0 Å². The van der Waals surface area contributed by atoms with Gasteiger partial charge in [-0.3, -0.25) is 0 Å². The van der Waals surface area contributed by atoms with E-state index in [1.807, 2.05) is 0 Å². The molecule has 0 aliphatic carbocycles. The van der Waals surface area contributed by atoms with Gasteiger partial charge in [-0.25, -0.2) is 0 Å². The second-order valence-corrected chi connectivity index (χ2v) is 2.65. The molecule has 1 N–H and O–H groups in total. The lowest BCUT2D eigenvalue weighted by molar-refractivity contribution is -0.179. The lowest BCUT2D eigenvalue weighted by Gasteiger charge is -2.11. The molecule has 0 fully saturated rings. The van der Waals surface area contributed by atoms with Gasteiger partial charge in [0, 0.05) is 0 Å². The topological polar surface area (TPSA) is 29.5 Å². The zero-order chi connectivity index (χ0) is 10.3. The quantitative estimate of drug-likeness (QED) is 0.660. The number of hydrogen-bond donors (Lipinski definition) is 1. The van der Waals surface area contributed by atoms with Gasteiger partial charge in [0.05, 0.1) is 12.7 Å². The van der Waals surface area contributed by atoms with Gasteiger partial charge in [0.15, 0.2) is 0 Å². The van der Waals surface area contributed by atoms with E-state index in [2.05, 4.69) is 11.3 Å². The van der Waals surface area contributed by atoms with E-state index in [0.29, 0.717) is 12.8 Å². The van der Waals surface area contributed by atoms with E-state index in [1.54, 1.807) is 6.08 Å². The summed E-state index contributed by atoms with van der Waals surface area (Å²) in [5, 5.41) is 9.04. The maximum absolute atomic E-state index is 11.5. The molecule has 0 saturated carbocycles. The van der Waals surface area contributed by atoms with E-state index >= 15 is 0 Å². The van der Waals surface area contributed by atoms with Gasteiger partial charge in [0.1, 0.15) is 6.61 Å².